The molecule has 0 amide bonds. The van der Waals surface area contributed by atoms with Crippen molar-refractivity contribution in [1.82, 2.24) is 4.98 Å². The fourth-order valence-corrected chi connectivity index (χ4v) is 3.56. The van der Waals surface area contributed by atoms with Crippen molar-refractivity contribution >= 4 is 32.4 Å². The number of phenolic OH excluding ortho intramolecular Hbond substituents is 1. The summed E-state index contributed by atoms with van der Waals surface area (Å²) < 4.78 is 14.6. The molecule has 4 nitrogen and oxygen atoms in total. The van der Waals surface area contributed by atoms with Gasteiger partial charge in [-0.25, -0.2) is 9.37 Å². The van der Waals surface area contributed by atoms with Crippen LogP contribution in [0.3, 0.4) is 0 Å². The van der Waals surface area contributed by atoms with Crippen LogP contribution in [-0.4, -0.2) is 22.7 Å². The van der Waals surface area contributed by atoms with Crippen LogP contribution in [0.5, 0.6) is 5.75 Å². The lowest BCUT2D eigenvalue weighted by Gasteiger charge is -2.07. The number of rotatable bonds is 3. The predicted octanol–water partition coefficient (Wildman–Crippen LogP) is 3.15. The van der Waals surface area contributed by atoms with Crippen molar-refractivity contribution in [3.63, 3.8) is 0 Å². The summed E-state index contributed by atoms with van der Waals surface area (Å²) in [6, 6.07) is 10.8. The number of fused-ring (bicyclic) bond motifs is 1. The zero-order chi connectivity index (χ0) is 15.3. The average Bonchev–Trinajstić information content (AvgIpc) is 3.14. The first-order valence-corrected chi connectivity index (χ1v) is 7.82. The molecule has 2 heterocycles. The van der Waals surface area contributed by atoms with Crippen molar-refractivity contribution < 1.29 is 9.50 Å². The number of anilines is 2. The lowest BCUT2D eigenvalue weighted by Crippen LogP contribution is -2.04. The van der Waals surface area contributed by atoms with E-state index in [9.17, 15) is 9.50 Å². The van der Waals surface area contributed by atoms with E-state index in [-0.39, 0.29) is 17.6 Å². The first-order valence-electron chi connectivity index (χ1n) is 7.01. The Morgan fingerprint density at radius 3 is 3.00 bits per heavy atom. The quantitative estimate of drug-likeness (QED) is 0.729. The number of benzene rings is 2. The SMILES string of the molecule is Nc1nc2c(O)cc(N3CC3Cc3ccccc3F)cc2s1. The van der Waals surface area contributed by atoms with E-state index in [1.165, 1.54) is 17.4 Å². The normalized spacial score (nSPS) is 17.1. The standard InChI is InChI=1S/C16H14FN3OS/c17-12-4-2-1-3-9(12)5-11-8-20(11)10-6-13(21)15-14(7-10)22-16(18)19-15/h1-4,6-7,11,21H,5,8H2,(H2,18,19). The monoisotopic (exact) mass is 315 g/mol. The van der Waals surface area contributed by atoms with Crippen LogP contribution in [0, 0.1) is 5.82 Å². The fourth-order valence-electron chi connectivity index (χ4n) is 2.77. The highest BCUT2D eigenvalue weighted by Gasteiger charge is 2.35. The Balaban J connectivity index is 1.58. The maximum absolute atomic E-state index is 13.7. The van der Waals surface area contributed by atoms with Crippen molar-refractivity contribution in [2.45, 2.75) is 12.5 Å². The number of halogens is 1. The summed E-state index contributed by atoms with van der Waals surface area (Å²) in [5, 5.41) is 10.5. The van der Waals surface area contributed by atoms with Crippen LogP contribution in [0.25, 0.3) is 10.2 Å². The second-order valence-electron chi connectivity index (χ2n) is 5.47. The number of hydrogen-bond donors (Lipinski definition) is 2. The fraction of sp³-hybridized carbons (Fsp3) is 0.188. The number of hydrogen-bond acceptors (Lipinski definition) is 5. The largest absolute Gasteiger partial charge is 0.506 e. The number of nitrogen functional groups attached to an aromatic ring is 1. The Kier molecular flexibility index (Phi) is 2.94. The summed E-state index contributed by atoms with van der Waals surface area (Å²) >= 11 is 1.35. The van der Waals surface area contributed by atoms with Crippen LogP contribution in [-0.2, 0) is 6.42 Å². The van der Waals surface area contributed by atoms with Gasteiger partial charge in [0, 0.05) is 18.3 Å². The molecule has 2 aromatic carbocycles. The van der Waals surface area contributed by atoms with E-state index in [4.69, 9.17) is 5.73 Å². The van der Waals surface area contributed by atoms with E-state index in [0.29, 0.717) is 17.1 Å². The van der Waals surface area contributed by atoms with Gasteiger partial charge in [-0.3, -0.25) is 0 Å². The van der Waals surface area contributed by atoms with Crippen LogP contribution in [0.4, 0.5) is 15.2 Å². The Morgan fingerprint density at radius 2 is 2.18 bits per heavy atom. The lowest BCUT2D eigenvalue weighted by molar-refractivity contribution is 0.480. The molecule has 0 saturated carbocycles. The summed E-state index contributed by atoms with van der Waals surface area (Å²) in [5.74, 6) is -0.0279. The lowest BCUT2D eigenvalue weighted by atomic mass is 10.1. The molecule has 4 rings (SSSR count). The topological polar surface area (TPSA) is 62.1 Å². The van der Waals surface area contributed by atoms with Gasteiger partial charge in [0.15, 0.2) is 5.13 Å². The molecule has 0 spiro atoms. The average molecular weight is 315 g/mol. The van der Waals surface area contributed by atoms with E-state index in [1.54, 1.807) is 12.1 Å². The van der Waals surface area contributed by atoms with Crippen molar-refractivity contribution in [3.05, 3.63) is 47.8 Å². The summed E-state index contributed by atoms with van der Waals surface area (Å²) in [6.07, 6.45) is 0.663. The molecule has 3 aromatic rings. The molecule has 3 N–H and O–H groups in total. The number of phenols is 1. The van der Waals surface area contributed by atoms with Gasteiger partial charge in [-0.05, 0) is 24.1 Å². The molecule has 1 saturated heterocycles. The zero-order valence-electron chi connectivity index (χ0n) is 11.7. The first kappa shape index (κ1) is 13.3. The van der Waals surface area contributed by atoms with Gasteiger partial charge in [-0.1, -0.05) is 29.5 Å². The molecule has 0 radical (unpaired) electrons. The summed E-state index contributed by atoms with van der Waals surface area (Å²) in [5.41, 5.74) is 7.88. The predicted molar refractivity (Wildman–Crippen MR) is 86.9 cm³/mol. The van der Waals surface area contributed by atoms with Gasteiger partial charge in [0.05, 0.1) is 10.7 Å². The van der Waals surface area contributed by atoms with Gasteiger partial charge in [0.1, 0.15) is 17.1 Å². The summed E-state index contributed by atoms with van der Waals surface area (Å²) in [4.78, 5) is 6.25. The highest BCUT2D eigenvalue weighted by molar-refractivity contribution is 7.22. The van der Waals surface area contributed by atoms with Crippen LogP contribution in [0.1, 0.15) is 5.56 Å². The van der Waals surface area contributed by atoms with Gasteiger partial charge in [-0.15, -0.1) is 0 Å². The number of thiazole rings is 1. The zero-order valence-corrected chi connectivity index (χ0v) is 12.5. The molecule has 0 bridgehead atoms. The number of aromatic nitrogens is 1. The van der Waals surface area contributed by atoms with Crippen LogP contribution < -0.4 is 10.6 Å². The molecule has 1 fully saturated rings. The van der Waals surface area contributed by atoms with Gasteiger partial charge < -0.3 is 15.7 Å². The van der Waals surface area contributed by atoms with Crippen LogP contribution in [0.15, 0.2) is 36.4 Å². The molecular weight excluding hydrogens is 301 g/mol. The van der Waals surface area contributed by atoms with E-state index < -0.39 is 0 Å². The third-order valence-corrected chi connectivity index (χ3v) is 4.77. The molecule has 1 unspecified atom stereocenters. The van der Waals surface area contributed by atoms with E-state index in [0.717, 1.165) is 22.5 Å². The molecule has 1 aromatic heterocycles. The van der Waals surface area contributed by atoms with E-state index in [1.807, 2.05) is 18.2 Å². The van der Waals surface area contributed by atoms with Crippen molar-refractivity contribution in [2.24, 2.45) is 0 Å². The number of nitrogens with two attached hydrogens (primary N) is 1. The second kappa shape index (κ2) is 4.84. The molecule has 22 heavy (non-hydrogen) atoms. The molecule has 0 aliphatic carbocycles. The Morgan fingerprint density at radius 1 is 1.36 bits per heavy atom. The molecule has 1 aliphatic rings. The van der Waals surface area contributed by atoms with Crippen LogP contribution in [0.2, 0.25) is 0 Å². The minimum Gasteiger partial charge on any atom is -0.506 e. The summed E-state index contributed by atoms with van der Waals surface area (Å²) in [6.45, 7) is 0.855. The van der Waals surface area contributed by atoms with E-state index in [2.05, 4.69) is 9.88 Å². The molecule has 112 valence electrons. The second-order valence-corrected chi connectivity index (χ2v) is 6.53. The maximum Gasteiger partial charge on any atom is 0.181 e. The molecule has 1 aliphatic heterocycles. The van der Waals surface area contributed by atoms with Gasteiger partial charge in [0.2, 0.25) is 0 Å². The molecule has 1 atom stereocenters. The van der Waals surface area contributed by atoms with Crippen molar-refractivity contribution in [1.29, 1.82) is 0 Å². The third-order valence-electron chi connectivity index (χ3n) is 3.94. The minimum absolute atomic E-state index is 0.136. The molecular formula is C16H14FN3OS. The minimum atomic E-state index is -0.164. The van der Waals surface area contributed by atoms with Crippen molar-refractivity contribution in [3.8, 4) is 5.75 Å². The van der Waals surface area contributed by atoms with Crippen LogP contribution >= 0.6 is 11.3 Å². The molecule has 6 heteroatoms. The van der Waals surface area contributed by atoms with Gasteiger partial charge in [0.25, 0.3) is 0 Å². The van der Waals surface area contributed by atoms with E-state index >= 15 is 0 Å². The Bertz CT molecular complexity index is 864. The maximum atomic E-state index is 13.7. The van der Waals surface area contributed by atoms with Crippen molar-refractivity contribution in [2.75, 3.05) is 17.2 Å². The number of aromatic hydroxyl groups is 1. The summed E-state index contributed by atoms with van der Waals surface area (Å²) in [7, 11) is 0. The number of nitrogens with zero attached hydrogens (tertiary/aromatic N) is 2. The Hall–Kier alpha value is -2.34. The highest BCUT2D eigenvalue weighted by Crippen LogP contribution is 2.39. The van der Waals surface area contributed by atoms with Gasteiger partial charge in [-0.2, -0.15) is 0 Å². The Labute approximate surface area is 130 Å². The third kappa shape index (κ3) is 2.25. The van der Waals surface area contributed by atoms with Gasteiger partial charge >= 0.3 is 0 Å². The smallest absolute Gasteiger partial charge is 0.181 e. The highest BCUT2D eigenvalue weighted by atomic mass is 32.1. The first-order chi connectivity index (χ1) is 10.6.